The van der Waals surface area contributed by atoms with Gasteiger partial charge in [0.25, 0.3) is 5.56 Å². The zero-order chi connectivity index (χ0) is 23.8. The number of nitrogens with zero attached hydrogens (tertiary/aromatic N) is 5. The number of hydrogen-bond donors (Lipinski definition) is 1. The minimum atomic E-state index is -0.00531. The summed E-state index contributed by atoms with van der Waals surface area (Å²) in [7, 11) is 0. The first-order valence-electron chi connectivity index (χ1n) is 12.3. The summed E-state index contributed by atoms with van der Waals surface area (Å²) < 4.78 is 1.80. The number of aromatic nitrogens is 4. The van der Waals surface area contributed by atoms with Gasteiger partial charge in [-0.1, -0.05) is 18.2 Å². The standard InChI is InChI=1S/C26H28N6O2S/c33-23(14-18-15-27-32(16-18)19-6-2-1-3-7-19)31-12-10-30(11-13-31)17-22-28-25(34)24-20-8-4-5-9-21(20)35-26(24)29-22/h1-3,6-7,15-16H,4-5,8-14,17H2,(H,28,29,34). The Morgan fingerprint density at radius 2 is 1.86 bits per heavy atom. The highest BCUT2D eigenvalue weighted by Gasteiger charge is 2.24. The Labute approximate surface area is 207 Å². The van der Waals surface area contributed by atoms with Crippen LogP contribution < -0.4 is 5.56 Å². The second kappa shape index (κ2) is 9.39. The van der Waals surface area contributed by atoms with Crippen molar-refractivity contribution in [3.8, 4) is 5.69 Å². The van der Waals surface area contributed by atoms with Crippen LogP contribution in [0.2, 0.25) is 0 Å². The molecule has 2 aliphatic rings. The van der Waals surface area contributed by atoms with Crippen molar-refractivity contribution >= 4 is 27.5 Å². The maximum atomic E-state index is 12.9. The first kappa shape index (κ1) is 22.2. The lowest BCUT2D eigenvalue weighted by Gasteiger charge is -2.34. The van der Waals surface area contributed by atoms with Crippen LogP contribution in [0.4, 0.5) is 0 Å². The number of aryl methyl sites for hydroxylation is 2. The van der Waals surface area contributed by atoms with E-state index in [4.69, 9.17) is 4.98 Å². The molecule has 6 rings (SSSR count). The van der Waals surface area contributed by atoms with Gasteiger partial charge in [0.15, 0.2) is 0 Å². The van der Waals surface area contributed by atoms with Gasteiger partial charge in [0, 0.05) is 37.3 Å². The van der Waals surface area contributed by atoms with Crippen LogP contribution in [0.1, 0.15) is 34.7 Å². The molecule has 1 amide bonds. The number of benzene rings is 1. The van der Waals surface area contributed by atoms with Crippen LogP contribution >= 0.6 is 11.3 Å². The average molecular weight is 489 g/mol. The fourth-order valence-corrected chi connectivity index (χ4v) is 6.39. The van der Waals surface area contributed by atoms with Crippen LogP contribution in [0.15, 0.2) is 47.5 Å². The SMILES string of the molecule is O=C(Cc1cnn(-c2ccccc2)c1)N1CCN(Cc2nc3sc4c(c3c(=O)[nH]2)CCCC4)CC1. The van der Waals surface area contributed by atoms with E-state index in [2.05, 4.69) is 15.0 Å². The van der Waals surface area contributed by atoms with E-state index in [0.29, 0.717) is 31.9 Å². The van der Waals surface area contributed by atoms with Gasteiger partial charge in [-0.15, -0.1) is 11.3 Å². The van der Waals surface area contributed by atoms with Crippen LogP contribution in [0.3, 0.4) is 0 Å². The molecule has 4 aromatic rings. The number of thiophene rings is 1. The van der Waals surface area contributed by atoms with Gasteiger partial charge >= 0.3 is 0 Å². The van der Waals surface area contributed by atoms with Gasteiger partial charge < -0.3 is 9.88 Å². The predicted molar refractivity (Wildman–Crippen MR) is 136 cm³/mol. The maximum Gasteiger partial charge on any atom is 0.259 e. The smallest absolute Gasteiger partial charge is 0.259 e. The molecule has 0 spiro atoms. The number of H-pyrrole nitrogens is 1. The highest BCUT2D eigenvalue weighted by atomic mass is 32.1. The number of carbonyl (C=O) groups is 1. The molecule has 180 valence electrons. The lowest BCUT2D eigenvalue weighted by molar-refractivity contribution is -0.132. The van der Waals surface area contributed by atoms with E-state index >= 15 is 0 Å². The lowest BCUT2D eigenvalue weighted by Crippen LogP contribution is -2.48. The van der Waals surface area contributed by atoms with Crippen molar-refractivity contribution in [3.05, 3.63) is 74.9 Å². The molecular formula is C26H28N6O2S. The molecule has 0 unspecified atom stereocenters. The Kier molecular flexibility index (Phi) is 5.95. The molecule has 0 atom stereocenters. The summed E-state index contributed by atoms with van der Waals surface area (Å²) in [5.41, 5.74) is 3.11. The summed E-state index contributed by atoms with van der Waals surface area (Å²) in [6.45, 7) is 3.46. The average Bonchev–Trinajstić information content (AvgIpc) is 3.49. The third-order valence-corrected chi connectivity index (χ3v) is 8.17. The summed E-state index contributed by atoms with van der Waals surface area (Å²) in [4.78, 5) is 39.9. The summed E-state index contributed by atoms with van der Waals surface area (Å²) in [6, 6.07) is 9.89. The number of piperazine rings is 1. The highest BCUT2D eigenvalue weighted by Crippen LogP contribution is 2.33. The van der Waals surface area contributed by atoms with Gasteiger partial charge in [-0.25, -0.2) is 9.67 Å². The van der Waals surface area contributed by atoms with Crippen LogP contribution in [0.5, 0.6) is 0 Å². The molecule has 35 heavy (non-hydrogen) atoms. The van der Waals surface area contributed by atoms with Crippen molar-refractivity contribution in [3.63, 3.8) is 0 Å². The van der Waals surface area contributed by atoms with Crippen LogP contribution in [-0.2, 0) is 30.6 Å². The van der Waals surface area contributed by atoms with Crippen LogP contribution in [0.25, 0.3) is 15.9 Å². The number of hydrogen-bond acceptors (Lipinski definition) is 6. The Morgan fingerprint density at radius 3 is 2.69 bits per heavy atom. The number of nitrogens with one attached hydrogen (secondary N) is 1. The molecule has 4 heterocycles. The fraction of sp³-hybridized carbons (Fsp3) is 0.385. The van der Waals surface area contributed by atoms with E-state index in [1.54, 1.807) is 22.2 Å². The van der Waals surface area contributed by atoms with Crippen molar-refractivity contribution in [1.29, 1.82) is 0 Å². The normalized spacial score (nSPS) is 16.5. The first-order valence-corrected chi connectivity index (χ1v) is 13.1. The largest absolute Gasteiger partial charge is 0.340 e. The molecule has 1 aliphatic heterocycles. The summed E-state index contributed by atoms with van der Waals surface area (Å²) in [5, 5.41) is 5.20. The number of rotatable bonds is 5. The first-order chi connectivity index (χ1) is 17.1. The zero-order valence-corrected chi connectivity index (χ0v) is 20.4. The molecule has 9 heteroatoms. The van der Waals surface area contributed by atoms with E-state index in [1.807, 2.05) is 41.4 Å². The van der Waals surface area contributed by atoms with Crippen molar-refractivity contribution in [2.24, 2.45) is 0 Å². The van der Waals surface area contributed by atoms with Crippen molar-refractivity contribution in [2.75, 3.05) is 26.2 Å². The van der Waals surface area contributed by atoms with Gasteiger partial charge in [0.1, 0.15) is 10.7 Å². The van der Waals surface area contributed by atoms with Gasteiger partial charge in [-0.05, 0) is 48.9 Å². The van der Waals surface area contributed by atoms with Crippen LogP contribution in [0, 0.1) is 0 Å². The lowest BCUT2D eigenvalue weighted by atomic mass is 9.97. The van der Waals surface area contributed by atoms with E-state index < -0.39 is 0 Å². The number of carbonyl (C=O) groups excluding carboxylic acids is 1. The Bertz CT molecular complexity index is 1410. The van der Waals surface area contributed by atoms with Gasteiger partial charge in [-0.2, -0.15) is 5.10 Å². The molecule has 1 aromatic carbocycles. The Hall–Kier alpha value is -3.30. The summed E-state index contributed by atoms with van der Waals surface area (Å²) in [6.07, 6.45) is 8.44. The van der Waals surface area contributed by atoms with E-state index in [0.717, 1.165) is 53.8 Å². The fourth-order valence-electron chi connectivity index (χ4n) is 5.11. The quantitative estimate of drug-likeness (QED) is 0.467. The van der Waals surface area contributed by atoms with Gasteiger partial charge in [-0.3, -0.25) is 14.5 Å². The summed E-state index contributed by atoms with van der Waals surface area (Å²) in [5.74, 6) is 0.837. The number of para-hydroxylation sites is 1. The molecule has 1 N–H and O–H groups in total. The molecule has 0 radical (unpaired) electrons. The number of amides is 1. The van der Waals surface area contributed by atoms with E-state index in [9.17, 15) is 9.59 Å². The molecule has 8 nitrogen and oxygen atoms in total. The Morgan fingerprint density at radius 1 is 1.06 bits per heavy atom. The monoisotopic (exact) mass is 488 g/mol. The summed E-state index contributed by atoms with van der Waals surface area (Å²) >= 11 is 1.69. The van der Waals surface area contributed by atoms with E-state index in [1.165, 1.54) is 16.9 Å². The molecule has 1 saturated heterocycles. The van der Waals surface area contributed by atoms with Crippen molar-refractivity contribution < 1.29 is 4.79 Å². The Balaban J connectivity index is 1.06. The van der Waals surface area contributed by atoms with Crippen molar-refractivity contribution in [2.45, 2.75) is 38.6 Å². The number of aromatic amines is 1. The van der Waals surface area contributed by atoms with Crippen molar-refractivity contribution in [1.82, 2.24) is 29.5 Å². The second-order valence-corrected chi connectivity index (χ2v) is 10.4. The molecule has 0 bridgehead atoms. The van der Waals surface area contributed by atoms with Crippen LogP contribution in [-0.4, -0.2) is 61.6 Å². The molecule has 3 aromatic heterocycles. The predicted octanol–water partition coefficient (Wildman–Crippen LogP) is 2.94. The minimum absolute atomic E-state index is 0.00531. The second-order valence-electron chi connectivity index (χ2n) is 9.37. The molecular weight excluding hydrogens is 460 g/mol. The third-order valence-electron chi connectivity index (χ3n) is 6.98. The highest BCUT2D eigenvalue weighted by molar-refractivity contribution is 7.18. The molecule has 0 saturated carbocycles. The molecule has 1 fully saturated rings. The topological polar surface area (TPSA) is 87.1 Å². The minimum Gasteiger partial charge on any atom is -0.340 e. The molecule has 1 aliphatic carbocycles. The van der Waals surface area contributed by atoms with Gasteiger partial charge in [0.05, 0.1) is 30.2 Å². The maximum absolute atomic E-state index is 12.9. The third kappa shape index (κ3) is 4.53. The van der Waals surface area contributed by atoms with E-state index in [-0.39, 0.29) is 11.5 Å². The number of fused-ring (bicyclic) bond motifs is 3. The van der Waals surface area contributed by atoms with Gasteiger partial charge in [0.2, 0.25) is 5.91 Å². The zero-order valence-electron chi connectivity index (χ0n) is 19.6.